The minimum atomic E-state index is 0.106. The molecule has 2 unspecified atom stereocenters. The number of amides is 1. The van der Waals surface area contributed by atoms with Crippen LogP contribution in [0.15, 0.2) is 24.3 Å². The van der Waals surface area contributed by atoms with E-state index in [1.165, 1.54) is 0 Å². The summed E-state index contributed by atoms with van der Waals surface area (Å²) in [6, 6.07) is 9.99. The fraction of sp³-hybridized carbons (Fsp3) is 0.385. The molecule has 0 saturated carbocycles. The van der Waals surface area contributed by atoms with Gasteiger partial charge in [0.2, 0.25) is 5.91 Å². The molecule has 4 heteroatoms. The zero-order chi connectivity index (χ0) is 12.3. The summed E-state index contributed by atoms with van der Waals surface area (Å²) >= 11 is 0. The first-order valence-corrected chi connectivity index (χ1v) is 5.72. The van der Waals surface area contributed by atoms with Crippen LogP contribution in [0.4, 0.5) is 0 Å². The molecule has 1 saturated heterocycles. The Balaban J connectivity index is 1.97. The van der Waals surface area contributed by atoms with Crippen molar-refractivity contribution in [1.29, 1.82) is 5.26 Å². The standard InChI is InChI=1S/C13H15N3O/c1-9(16-12-6-13(17)15-8-12)11-4-2-10(7-14)3-5-11/h2-5,9,12,16H,6,8H2,1H3,(H,15,17). The Labute approximate surface area is 101 Å². The Hall–Kier alpha value is -1.86. The van der Waals surface area contributed by atoms with Gasteiger partial charge in [0.05, 0.1) is 11.6 Å². The first-order chi connectivity index (χ1) is 8.19. The Kier molecular flexibility index (Phi) is 3.40. The summed E-state index contributed by atoms with van der Waals surface area (Å²) in [6.07, 6.45) is 0.542. The molecule has 88 valence electrons. The maximum atomic E-state index is 11.1. The van der Waals surface area contributed by atoms with Crippen LogP contribution in [-0.2, 0) is 4.79 Å². The van der Waals surface area contributed by atoms with E-state index in [1.54, 1.807) is 0 Å². The maximum Gasteiger partial charge on any atom is 0.221 e. The largest absolute Gasteiger partial charge is 0.354 e. The first-order valence-electron chi connectivity index (χ1n) is 5.72. The second-order valence-electron chi connectivity index (χ2n) is 4.33. The van der Waals surface area contributed by atoms with Crippen LogP contribution in [-0.4, -0.2) is 18.5 Å². The van der Waals surface area contributed by atoms with Crippen molar-refractivity contribution in [2.24, 2.45) is 0 Å². The first kappa shape index (κ1) is 11.6. The van der Waals surface area contributed by atoms with Crippen molar-refractivity contribution >= 4 is 5.91 Å². The van der Waals surface area contributed by atoms with E-state index in [4.69, 9.17) is 5.26 Å². The van der Waals surface area contributed by atoms with Crippen LogP contribution >= 0.6 is 0 Å². The zero-order valence-electron chi connectivity index (χ0n) is 9.73. The molecular formula is C13H15N3O. The van der Waals surface area contributed by atoms with Crippen LogP contribution in [0.5, 0.6) is 0 Å². The normalized spacial score (nSPS) is 20.7. The fourth-order valence-electron chi connectivity index (χ4n) is 2.02. The smallest absolute Gasteiger partial charge is 0.221 e. The van der Waals surface area contributed by atoms with Crippen LogP contribution in [0, 0.1) is 11.3 Å². The van der Waals surface area contributed by atoms with Gasteiger partial charge in [-0.1, -0.05) is 12.1 Å². The SMILES string of the molecule is CC(NC1CNC(=O)C1)c1ccc(C#N)cc1. The highest BCUT2D eigenvalue weighted by Crippen LogP contribution is 2.15. The minimum absolute atomic E-state index is 0.106. The van der Waals surface area contributed by atoms with Crippen LogP contribution in [0.25, 0.3) is 0 Å². The molecule has 0 radical (unpaired) electrons. The van der Waals surface area contributed by atoms with Crippen LogP contribution < -0.4 is 10.6 Å². The fourth-order valence-corrected chi connectivity index (χ4v) is 2.02. The number of nitrogens with zero attached hydrogens (tertiary/aromatic N) is 1. The molecule has 0 aromatic heterocycles. The van der Waals surface area contributed by atoms with Crippen molar-refractivity contribution in [2.75, 3.05) is 6.54 Å². The van der Waals surface area contributed by atoms with Gasteiger partial charge in [0.1, 0.15) is 0 Å². The van der Waals surface area contributed by atoms with Crippen LogP contribution in [0.1, 0.15) is 30.5 Å². The number of benzene rings is 1. The number of carbonyl (C=O) groups excluding carboxylic acids is 1. The molecule has 2 rings (SSSR count). The predicted octanol–water partition coefficient (Wildman–Crippen LogP) is 1.10. The summed E-state index contributed by atoms with van der Waals surface area (Å²) in [5, 5.41) is 14.9. The van der Waals surface area contributed by atoms with E-state index in [-0.39, 0.29) is 18.0 Å². The summed E-state index contributed by atoms with van der Waals surface area (Å²) < 4.78 is 0. The molecule has 0 bridgehead atoms. The summed E-state index contributed by atoms with van der Waals surface area (Å²) in [5.41, 5.74) is 1.79. The molecule has 17 heavy (non-hydrogen) atoms. The molecular weight excluding hydrogens is 214 g/mol. The molecule has 1 heterocycles. The molecule has 0 aliphatic carbocycles. The Morgan fingerprint density at radius 2 is 2.18 bits per heavy atom. The van der Waals surface area contributed by atoms with Gasteiger partial charge in [-0.15, -0.1) is 0 Å². The van der Waals surface area contributed by atoms with Crippen molar-refractivity contribution in [3.05, 3.63) is 35.4 Å². The molecule has 1 fully saturated rings. The molecule has 2 atom stereocenters. The van der Waals surface area contributed by atoms with E-state index in [2.05, 4.69) is 23.6 Å². The summed E-state index contributed by atoms with van der Waals surface area (Å²) in [5.74, 6) is 0.106. The van der Waals surface area contributed by atoms with E-state index in [9.17, 15) is 4.79 Å². The van der Waals surface area contributed by atoms with E-state index in [0.717, 1.165) is 5.56 Å². The van der Waals surface area contributed by atoms with Gasteiger partial charge in [0.15, 0.2) is 0 Å². The second kappa shape index (κ2) is 4.98. The summed E-state index contributed by atoms with van der Waals surface area (Å²) in [4.78, 5) is 11.1. The lowest BCUT2D eigenvalue weighted by Gasteiger charge is -2.18. The minimum Gasteiger partial charge on any atom is -0.354 e. The molecule has 1 aliphatic rings. The van der Waals surface area contributed by atoms with E-state index in [0.29, 0.717) is 18.5 Å². The van der Waals surface area contributed by atoms with Crippen LogP contribution in [0.3, 0.4) is 0 Å². The third-order valence-corrected chi connectivity index (χ3v) is 3.00. The lowest BCUT2D eigenvalue weighted by Crippen LogP contribution is -2.33. The number of hydrogen-bond donors (Lipinski definition) is 2. The van der Waals surface area contributed by atoms with Gasteiger partial charge in [0, 0.05) is 25.0 Å². The van der Waals surface area contributed by atoms with Gasteiger partial charge < -0.3 is 10.6 Å². The van der Waals surface area contributed by atoms with Crippen molar-refractivity contribution in [3.63, 3.8) is 0 Å². The summed E-state index contributed by atoms with van der Waals surface area (Å²) in [7, 11) is 0. The van der Waals surface area contributed by atoms with E-state index >= 15 is 0 Å². The lowest BCUT2D eigenvalue weighted by atomic mass is 10.1. The highest BCUT2D eigenvalue weighted by Gasteiger charge is 2.22. The second-order valence-corrected chi connectivity index (χ2v) is 4.33. The maximum absolute atomic E-state index is 11.1. The number of nitriles is 1. The van der Waals surface area contributed by atoms with Crippen molar-refractivity contribution < 1.29 is 4.79 Å². The molecule has 4 nitrogen and oxygen atoms in total. The van der Waals surface area contributed by atoms with Gasteiger partial charge in [-0.2, -0.15) is 5.26 Å². The predicted molar refractivity (Wildman–Crippen MR) is 64.1 cm³/mol. The third-order valence-electron chi connectivity index (χ3n) is 3.00. The highest BCUT2D eigenvalue weighted by molar-refractivity contribution is 5.78. The Morgan fingerprint density at radius 1 is 1.47 bits per heavy atom. The number of carbonyl (C=O) groups is 1. The Morgan fingerprint density at radius 3 is 2.71 bits per heavy atom. The van der Waals surface area contributed by atoms with Gasteiger partial charge >= 0.3 is 0 Å². The molecule has 1 aliphatic heterocycles. The quantitative estimate of drug-likeness (QED) is 0.815. The number of rotatable bonds is 3. The van der Waals surface area contributed by atoms with Crippen molar-refractivity contribution in [2.45, 2.75) is 25.4 Å². The van der Waals surface area contributed by atoms with Crippen molar-refractivity contribution in [1.82, 2.24) is 10.6 Å². The lowest BCUT2D eigenvalue weighted by molar-refractivity contribution is -0.119. The van der Waals surface area contributed by atoms with Gasteiger partial charge in [-0.3, -0.25) is 4.79 Å². The van der Waals surface area contributed by atoms with Crippen LogP contribution in [0.2, 0.25) is 0 Å². The average Bonchev–Trinajstić information content (AvgIpc) is 2.75. The Bertz CT molecular complexity index is 447. The van der Waals surface area contributed by atoms with Crippen molar-refractivity contribution in [3.8, 4) is 6.07 Å². The van der Waals surface area contributed by atoms with Gasteiger partial charge in [0.25, 0.3) is 0 Å². The average molecular weight is 229 g/mol. The topological polar surface area (TPSA) is 64.9 Å². The van der Waals surface area contributed by atoms with E-state index < -0.39 is 0 Å². The van der Waals surface area contributed by atoms with E-state index in [1.807, 2.05) is 24.3 Å². The zero-order valence-corrected chi connectivity index (χ0v) is 9.73. The molecule has 1 amide bonds. The molecule has 2 N–H and O–H groups in total. The third kappa shape index (κ3) is 2.83. The monoisotopic (exact) mass is 229 g/mol. The van der Waals surface area contributed by atoms with Gasteiger partial charge in [-0.05, 0) is 24.6 Å². The molecule has 0 spiro atoms. The summed E-state index contributed by atoms with van der Waals surface area (Å²) in [6.45, 7) is 2.75. The highest BCUT2D eigenvalue weighted by atomic mass is 16.1. The molecule has 1 aromatic carbocycles. The van der Waals surface area contributed by atoms with Gasteiger partial charge in [-0.25, -0.2) is 0 Å². The number of hydrogen-bond acceptors (Lipinski definition) is 3. The molecule has 1 aromatic rings. The number of nitrogens with one attached hydrogen (secondary N) is 2.